The van der Waals surface area contributed by atoms with E-state index < -0.39 is 10.0 Å². The van der Waals surface area contributed by atoms with Crippen molar-refractivity contribution < 1.29 is 4.79 Å². The zero-order valence-electron chi connectivity index (χ0n) is 13.9. The lowest BCUT2D eigenvalue weighted by molar-refractivity contribution is -0.125. The summed E-state index contributed by atoms with van der Waals surface area (Å²) < 4.78 is 0. The van der Waals surface area contributed by atoms with Crippen LogP contribution in [0.5, 0.6) is 0 Å². The summed E-state index contributed by atoms with van der Waals surface area (Å²) in [5.41, 5.74) is 2.24. The Morgan fingerprint density at radius 1 is 1.43 bits per heavy atom. The van der Waals surface area contributed by atoms with Crippen LogP contribution in [-0.2, 0) is 11.3 Å². The normalized spacial score (nSPS) is 29.7. The lowest BCUT2D eigenvalue weighted by atomic mass is 10.1. The second kappa shape index (κ2) is 6.03. The maximum Gasteiger partial charge on any atom is 0.237 e. The van der Waals surface area contributed by atoms with Crippen molar-refractivity contribution in [2.24, 2.45) is 0 Å². The predicted octanol–water partition coefficient (Wildman–Crippen LogP) is 3.01. The number of nitrogens with zero attached hydrogens (tertiary/aromatic N) is 2. The number of amides is 1. The molecule has 2 aliphatic heterocycles. The van der Waals surface area contributed by atoms with Gasteiger partial charge in [0.2, 0.25) is 5.91 Å². The average molecular weight is 329 g/mol. The molecule has 2 aliphatic rings. The van der Waals surface area contributed by atoms with E-state index in [1.807, 2.05) is 25.4 Å². The van der Waals surface area contributed by atoms with E-state index in [1.54, 1.807) is 0 Å². The van der Waals surface area contributed by atoms with Crippen molar-refractivity contribution in [3.8, 4) is 5.40 Å². The van der Waals surface area contributed by atoms with Gasteiger partial charge in [-0.1, -0.05) is 24.3 Å². The lowest BCUT2D eigenvalue weighted by Gasteiger charge is -2.18. The van der Waals surface area contributed by atoms with Crippen molar-refractivity contribution >= 4 is 20.8 Å². The number of carbonyl (C=O) groups is 1. The topological polar surface area (TPSA) is 56.1 Å². The van der Waals surface area contributed by atoms with Crippen LogP contribution in [0.4, 0.5) is 0 Å². The third-order valence-electron chi connectivity index (χ3n) is 4.99. The van der Waals surface area contributed by atoms with Gasteiger partial charge in [0.15, 0.2) is 0 Å². The van der Waals surface area contributed by atoms with Crippen molar-refractivity contribution in [2.45, 2.75) is 32.4 Å². The molecular formula is C18H23N3OS. The molecule has 1 saturated heterocycles. The molecule has 1 aromatic carbocycles. The molecule has 1 fully saturated rings. The van der Waals surface area contributed by atoms with Crippen LogP contribution in [-0.4, -0.2) is 36.7 Å². The van der Waals surface area contributed by atoms with Crippen molar-refractivity contribution in [1.82, 2.24) is 10.2 Å². The summed E-state index contributed by atoms with van der Waals surface area (Å²) in [6.07, 6.45) is 4.09. The molecule has 4 nitrogen and oxygen atoms in total. The molecule has 0 aliphatic carbocycles. The maximum atomic E-state index is 12.2. The Morgan fingerprint density at radius 2 is 2.13 bits per heavy atom. The van der Waals surface area contributed by atoms with Crippen molar-refractivity contribution in [2.75, 3.05) is 19.8 Å². The first-order valence-corrected chi connectivity index (χ1v) is 9.99. The largest absolute Gasteiger partial charge is 0.351 e. The van der Waals surface area contributed by atoms with Gasteiger partial charge < -0.3 is 5.32 Å². The van der Waals surface area contributed by atoms with Gasteiger partial charge in [-0.25, -0.2) is 0 Å². The van der Waals surface area contributed by atoms with Crippen LogP contribution in [0, 0.1) is 10.7 Å². The quantitative estimate of drug-likeness (QED) is 0.864. The SMILES string of the molecule is CC1=C(c2ccc(CNC(=O)C3CCCN3C)cc2)S1(C)C#N. The summed E-state index contributed by atoms with van der Waals surface area (Å²) in [6.45, 7) is 3.62. The van der Waals surface area contributed by atoms with Crippen LogP contribution >= 0.6 is 10.0 Å². The number of likely N-dealkylation sites (N-methyl/N-ethyl adjacent to an activating group) is 1. The molecule has 2 heterocycles. The number of benzene rings is 1. The Bertz CT molecular complexity index is 704. The van der Waals surface area contributed by atoms with Crippen molar-refractivity contribution in [3.63, 3.8) is 0 Å². The second-order valence-electron chi connectivity index (χ2n) is 6.45. The summed E-state index contributed by atoms with van der Waals surface area (Å²) in [4.78, 5) is 16.8. The molecule has 0 radical (unpaired) electrons. The Labute approximate surface area is 139 Å². The number of hydrogen-bond acceptors (Lipinski definition) is 3. The fraction of sp³-hybridized carbons (Fsp3) is 0.444. The number of nitriles is 1. The molecule has 0 bridgehead atoms. The van der Waals surface area contributed by atoms with Crippen molar-refractivity contribution in [1.29, 1.82) is 5.26 Å². The van der Waals surface area contributed by atoms with E-state index >= 15 is 0 Å². The third kappa shape index (κ3) is 2.89. The van der Waals surface area contributed by atoms with Gasteiger partial charge in [-0.2, -0.15) is 5.26 Å². The van der Waals surface area contributed by atoms with Gasteiger partial charge in [-0.15, -0.1) is 10.0 Å². The van der Waals surface area contributed by atoms with E-state index in [9.17, 15) is 10.1 Å². The highest BCUT2D eigenvalue weighted by atomic mass is 32.3. The third-order valence-corrected chi connectivity index (χ3v) is 7.94. The summed E-state index contributed by atoms with van der Waals surface area (Å²) in [5.74, 6) is 0.122. The van der Waals surface area contributed by atoms with E-state index in [0.717, 1.165) is 30.5 Å². The number of rotatable bonds is 4. The maximum absolute atomic E-state index is 12.2. The van der Waals surface area contributed by atoms with Crippen LogP contribution in [0.15, 0.2) is 29.2 Å². The first kappa shape index (κ1) is 16.1. The highest BCUT2D eigenvalue weighted by Crippen LogP contribution is 2.78. The highest BCUT2D eigenvalue weighted by molar-refractivity contribution is 8.53. The summed E-state index contributed by atoms with van der Waals surface area (Å²) >= 11 is 0. The number of allylic oxidation sites excluding steroid dienone is 1. The molecular weight excluding hydrogens is 306 g/mol. The van der Waals surface area contributed by atoms with Gasteiger partial charge in [-0.3, -0.25) is 9.69 Å². The minimum absolute atomic E-state index is 0.0217. The Hall–Kier alpha value is -1.77. The van der Waals surface area contributed by atoms with E-state index in [2.05, 4.69) is 34.7 Å². The number of nitrogens with one attached hydrogen (secondary N) is 1. The minimum Gasteiger partial charge on any atom is -0.351 e. The van der Waals surface area contributed by atoms with E-state index in [4.69, 9.17) is 0 Å². The number of likely N-dealkylation sites (tertiary alicyclic amines) is 1. The molecule has 1 amide bonds. The molecule has 2 unspecified atom stereocenters. The van der Waals surface area contributed by atoms with Gasteiger partial charge in [0, 0.05) is 11.4 Å². The standard InChI is InChI=1S/C18H23N3OS/c1-13-17(23(13,3)12-19)15-8-6-14(7-9-15)11-20-18(22)16-5-4-10-21(16)2/h6-9,16H,4-5,10-11H2,1-3H3,(H,20,22). The fourth-order valence-corrected chi connectivity index (χ4v) is 5.46. The first-order chi connectivity index (χ1) is 11.0. The molecule has 1 aromatic rings. The second-order valence-corrected chi connectivity index (χ2v) is 9.49. The first-order valence-electron chi connectivity index (χ1n) is 7.95. The molecule has 0 spiro atoms. The minimum atomic E-state index is -1.28. The molecule has 2 atom stereocenters. The Morgan fingerprint density at radius 3 is 2.65 bits per heavy atom. The average Bonchev–Trinajstić information content (AvgIpc) is 2.88. The van der Waals surface area contributed by atoms with Crippen LogP contribution < -0.4 is 5.32 Å². The fourth-order valence-electron chi connectivity index (χ4n) is 3.30. The molecule has 1 N–H and O–H groups in total. The van der Waals surface area contributed by atoms with Gasteiger partial charge in [-0.05, 0) is 55.6 Å². The Balaban J connectivity index is 1.59. The highest BCUT2D eigenvalue weighted by Gasteiger charge is 2.42. The Kier molecular flexibility index (Phi) is 4.22. The molecule has 0 aromatic heterocycles. The van der Waals surface area contributed by atoms with Crippen LogP contribution in [0.1, 0.15) is 30.9 Å². The van der Waals surface area contributed by atoms with E-state index in [0.29, 0.717) is 6.54 Å². The molecule has 23 heavy (non-hydrogen) atoms. The zero-order valence-corrected chi connectivity index (χ0v) is 14.7. The summed E-state index contributed by atoms with van der Waals surface area (Å²) in [7, 11) is 0.729. The summed E-state index contributed by atoms with van der Waals surface area (Å²) in [5, 5.41) is 14.8. The van der Waals surface area contributed by atoms with Crippen LogP contribution in [0.2, 0.25) is 0 Å². The van der Waals surface area contributed by atoms with Crippen LogP contribution in [0.3, 0.4) is 0 Å². The van der Waals surface area contributed by atoms with Gasteiger partial charge >= 0.3 is 0 Å². The summed E-state index contributed by atoms with van der Waals surface area (Å²) in [6, 6.07) is 8.25. The van der Waals surface area contributed by atoms with E-state index in [-0.39, 0.29) is 11.9 Å². The molecule has 5 heteroatoms. The zero-order chi connectivity index (χ0) is 16.6. The van der Waals surface area contributed by atoms with E-state index in [1.165, 1.54) is 9.81 Å². The van der Waals surface area contributed by atoms with Gasteiger partial charge in [0.1, 0.15) is 5.40 Å². The molecule has 122 valence electrons. The monoisotopic (exact) mass is 329 g/mol. The predicted molar refractivity (Wildman–Crippen MR) is 95.7 cm³/mol. The number of carbonyl (C=O) groups excluding carboxylic acids is 1. The van der Waals surface area contributed by atoms with Gasteiger partial charge in [0.05, 0.1) is 6.04 Å². The lowest BCUT2D eigenvalue weighted by Crippen LogP contribution is -2.41. The van der Waals surface area contributed by atoms with Gasteiger partial charge in [0.25, 0.3) is 0 Å². The number of thiocyanates is 1. The molecule has 3 rings (SSSR count). The smallest absolute Gasteiger partial charge is 0.237 e. The van der Waals surface area contributed by atoms with Crippen molar-refractivity contribution in [3.05, 3.63) is 40.3 Å². The van der Waals surface area contributed by atoms with Crippen LogP contribution in [0.25, 0.3) is 4.91 Å². The molecule has 0 saturated carbocycles. The number of hydrogen-bond donors (Lipinski definition) is 1.